The Morgan fingerprint density at radius 3 is 1.95 bits per heavy atom. The summed E-state index contributed by atoms with van der Waals surface area (Å²) in [5.41, 5.74) is 6.90. The Morgan fingerprint density at radius 1 is 0.842 bits per heavy atom. The summed E-state index contributed by atoms with van der Waals surface area (Å²) in [6, 6.07) is 0. The fourth-order valence-corrected chi connectivity index (χ4v) is 2.41. The van der Waals surface area contributed by atoms with Gasteiger partial charge in [0.25, 0.3) is 0 Å². The van der Waals surface area contributed by atoms with Crippen molar-refractivity contribution in [1.82, 2.24) is 0 Å². The molecule has 0 atom stereocenters. The zero-order chi connectivity index (χ0) is 14.2. The lowest BCUT2D eigenvalue weighted by atomic mass is 9.69. The highest BCUT2D eigenvalue weighted by Gasteiger charge is 2.34. The van der Waals surface area contributed by atoms with Crippen molar-refractivity contribution >= 4 is 0 Å². The van der Waals surface area contributed by atoms with Crippen LogP contribution >= 0.6 is 0 Å². The molecule has 1 saturated carbocycles. The van der Waals surface area contributed by atoms with E-state index in [1.54, 1.807) is 7.11 Å². The van der Waals surface area contributed by atoms with Crippen LogP contribution in [-0.4, -0.2) is 45.7 Å². The third kappa shape index (κ3) is 7.25. The summed E-state index contributed by atoms with van der Waals surface area (Å²) in [6.07, 6.45) is 5.65. The van der Waals surface area contributed by atoms with Crippen LogP contribution in [0.15, 0.2) is 0 Å². The molecule has 1 aliphatic carbocycles. The number of methoxy groups -OCH3 is 1. The summed E-state index contributed by atoms with van der Waals surface area (Å²) in [7, 11) is 1.67. The van der Waals surface area contributed by atoms with Crippen molar-refractivity contribution in [2.45, 2.75) is 51.5 Å². The van der Waals surface area contributed by atoms with Gasteiger partial charge in [-0.3, -0.25) is 0 Å². The van der Waals surface area contributed by atoms with Gasteiger partial charge in [0.1, 0.15) is 0 Å². The molecule has 0 unspecified atom stereocenters. The molecule has 0 aromatic carbocycles. The molecule has 0 bridgehead atoms. The van der Waals surface area contributed by atoms with Crippen molar-refractivity contribution < 1.29 is 14.2 Å². The third-order valence-corrected chi connectivity index (χ3v) is 4.15. The van der Waals surface area contributed by atoms with E-state index >= 15 is 0 Å². The van der Waals surface area contributed by atoms with E-state index in [1.807, 2.05) is 0 Å². The molecule has 0 amide bonds. The molecule has 0 aromatic rings. The molecule has 0 spiro atoms. The second-order valence-electron chi connectivity index (χ2n) is 6.49. The average molecular weight is 273 g/mol. The molecule has 1 aliphatic rings. The van der Waals surface area contributed by atoms with Crippen LogP contribution in [0.1, 0.15) is 46.0 Å². The Balaban J connectivity index is 2.00. The maximum absolute atomic E-state index is 6.43. The number of nitrogens with two attached hydrogens (primary N) is 1. The fraction of sp³-hybridized carbons (Fsp3) is 1.00. The number of ether oxygens (including phenoxy) is 3. The minimum Gasteiger partial charge on any atom is -0.382 e. The minimum absolute atomic E-state index is 0.00751. The van der Waals surface area contributed by atoms with E-state index in [9.17, 15) is 0 Å². The second-order valence-corrected chi connectivity index (χ2v) is 6.49. The zero-order valence-electron chi connectivity index (χ0n) is 12.9. The summed E-state index contributed by atoms with van der Waals surface area (Å²) in [5.74, 6) is 0. The Labute approximate surface area is 118 Å². The van der Waals surface area contributed by atoms with Gasteiger partial charge in [0.2, 0.25) is 0 Å². The van der Waals surface area contributed by atoms with Crippen molar-refractivity contribution in [3.05, 3.63) is 0 Å². The van der Waals surface area contributed by atoms with Gasteiger partial charge in [0.15, 0.2) is 0 Å². The maximum Gasteiger partial charge on any atom is 0.0701 e. The highest BCUT2D eigenvalue weighted by molar-refractivity contribution is 4.92. The Bertz CT molecular complexity index is 234. The normalized spacial score (nSPS) is 21.5. The van der Waals surface area contributed by atoms with Crippen LogP contribution in [0, 0.1) is 5.41 Å². The van der Waals surface area contributed by atoms with Crippen LogP contribution in [0.2, 0.25) is 0 Å². The number of hydrogen-bond donors (Lipinski definition) is 1. The van der Waals surface area contributed by atoms with Gasteiger partial charge in [0.05, 0.1) is 26.4 Å². The van der Waals surface area contributed by atoms with E-state index in [0.29, 0.717) is 31.8 Å². The monoisotopic (exact) mass is 273 g/mol. The quantitative estimate of drug-likeness (QED) is 0.655. The molecule has 114 valence electrons. The molecule has 19 heavy (non-hydrogen) atoms. The van der Waals surface area contributed by atoms with E-state index in [0.717, 1.165) is 25.9 Å². The molecule has 4 heteroatoms. The fourth-order valence-electron chi connectivity index (χ4n) is 2.41. The number of hydrogen-bond acceptors (Lipinski definition) is 4. The molecule has 1 fully saturated rings. The van der Waals surface area contributed by atoms with Crippen molar-refractivity contribution in [2.24, 2.45) is 11.1 Å². The summed E-state index contributed by atoms with van der Waals surface area (Å²) in [5, 5.41) is 0. The van der Waals surface area contributed by atoms with Gasteiger partial charge in [-0.15, -0.1) is 0 Å². The van der Waals surface area contributed by atoms with Crippen LogP contribution in [-0.2, 0) is 14.2 Å². The standard InChI is InChI=1S/C15H31NO3/c1-14(2)4-6-15(16,7-5-14)8-9-18-12-13-19-11-10-17-3/h4-13,16H2,1-3H3. The van der Waals surface area contributed by atoms with E-state index in [4.69, 9.17) is 19.9 Å². The van der Waals surface area contributed by atoms with Crippen LogP contribution in [0.3, 0.4) is 0 Å². The molecule has 1 rings (SSSR count). The summed E-state index contributed by atoms with van der Waals surface area (Å²) in [6.45, 7) is 7.96. The van der Waals surface area contributed by atoms with Crippen molar-refractivity contribution in [3.8, 4) is 0 Å². The Morgan fingerprint density at radius 2 is 1.37 bits per heavy atom. The summed E-state index contributed by atoms with van der Waals surface area (Å²) in [4.78, 5) is 0. The predicted molar refractivity (Wildman–Crippen MR) is 77.3 cm³/mol. The first kappa shape index (κ1) is 16.9. The third-order valence-electron chi connectivity index (χ3n) is 4.15. The van der Waals surface area contributed by atoms with E-state index in [1.165, 1.54) is 12.8 Å². The molecular weight excluding hydrogens is 242 g/mol. The lowest BCUT2D eigenvalue weighted by Gasteiger charge is -2.41. The SMILES string of the molecule is COCCOCCOCCC1(N)CCC(C)(C)CC1. The van der Waals surface area contributed by atoms with Crippen LogP contribution < -0.4 is 5.73 Å². The molecule has 0 aliphatic heterocycles. The van der Waals surface area contributed by atoms with Gasteiger partial charge in [-0.2, -0.15) is 0 Å². The van der Waals surface area contributed by atoms with Crippen molar-refractivity contribution in [1.29, 1.82) is 0 Å². The predicted octanol–water partition coefficient (Wildman–Crippen LogP) is 2.35. The van der Waals surface area contributed by atoms with Gasteiger partial charge in [0, 0.05) is 19.3 Å². The Hall–Kier alpha value is -0.160. The average Bonchev–Trinajstić information content (AvgIpc) is 2.37. The molecule has 0 aromatic heterocycles. The first-order valence-corrected chi connectivity index (χ1v) is 7.41. The second kappa shape index (κ2) is 8.20. The molecule has 2 N–H and O–H groups in total. The highest BCUT2D eigenvalue weighted by Crippen LogP contribution is 2.40. The van der Waals surface area contributed by atoms with Crippen molar-refractivity contribution in [3.63, 3.8) is 0 Å². The van der Waals surface area contributed by atoms with Gasteiger partial charge in [-0.05, 0) is 37.5 Å². The zero-order valence-corrected chi connectivity index (χ0v) is 12.9. The summed E-state index contributed by atoms with van der Waals surface area (Å²) >= 11 is 0. The first-order valence-electron chi connectivity index (χ1n) is 7.41. The largest absolute Gasteiger partial charge is 0.382 e. The lowest BCUT2D eigenvalue weighted by molar-refractivity contribution is 0.0174. The summed E-state index contributed by atoms with van der Waals surface area (Å²) < 4.78 is 15.8. The van der Waals surface area contributed by atoms with Crippen molar-refractivity contribution in [2.75, 3.05) is 40.1 Å². The minimum atomic E-state index is -0.00751. The van der Waals surface area contributed by atoms with E-state index in [2.05, 4.69) is 13.8 Å². The maximum atomic E-state index is 6.43. The van der Waals surface area contributed by atoms with Gasteiger partial charge in [-0.1, -0.05) is 13.8 Å². The first-order chi connectivity index (χ1) is 8.97. The Kier molecular flexibility index (Phi) is 7.29. The molecule has 4 nitrogen and oxygen atoms in total. The molecule has 0 heterocycles. The topological polar surface area (TPSA) is 53.7 Å². The molecular formula is C15H31NO3. The smallest absolute Gasteiger partial charge is 0.0701 e. The van der Waals surface area contributed by atoms with Gasteiger partial charge < -0.3 is 19.9 Å². The molecule has 0 saturated heterocycles. The van der Waals surface area contributed by atoms with Gasteiger partial charge >= 0.3 is 0 Å². The highest BCUT2D eigenvalue weighted by atomic mass is 16.5. The lowest BCUT2D eigenvalue weighted by Crippen LogP contribution is -2.45. The van der Waals surface area contributed by atoms with E-state index in [-0.39, 0.29) is 5.54 Å². The van der Waals surface area contributed by atoms with Crippen LogP contribution in [0.25, 0.3) is 0 Å². The van der Waals surface area contributed by atoms with E-state index < -0.39 is 0 Å². The molecule has 0 radical (unpaired) electrons. The van der Waals surface area contributed by atoms with Crippen LogP contribution in [0.5, 0.6) is 0 Å². The van der Waals surface area contributed by atoms with Gasteiger partial charge in [-0.25, -0.2) is 0 Å². The number of rotatable bonds is 9. The van der Waals surface area contributed by atoms with Crippen LogP contribution in [0.4, 0.5) is 0 Å².